The number of primary amides is 1. The molecule has 0 aliphatic carbocycles. The van der Waals surface area contributed by atoms with Crippen LogP contribution in [-0.4, -0.2) is 34.9 Å². The van der Waals surface area contributed by atoms with Crippen molar-refractivity contribution < 1.29 is 4.79 Å². The molecule has 0 bridgehead atoms. The summed E-state index contributed by atoms with van der Waals surface area (Å²) in [6.45, 7) is 0.956. The number of hydrogen-bond acceptors (Lipinski definition) is 3. The Bertz CT molecular complexity index is 452. The number of pyridine rings is 1. The van der Waals surface area contributed by atoms with Crippen LogP contribution in [0.3, 0.4) is 0 Å². The van der Waals surface area contributed by atoms with Gasteiger partial charge in [-0.05, 0) is 60.8 Å². The second kappa shape index (κ2) is 5.36. The van der Waals surface area contributed by atoms with Gasteiger partial charge in [0.25, 0.3) is 0 Å². The first kappa shape index (κ1) is 13.5. The van der Waals surface area contributed by atoms with E-state index in [0.29, 0.717) is 0 Å². The third kappa shape index (κ3) is 2.57. The highest BCUT2D eigenvalue weighted by Crippen LogP contribution is 2.33. The fourth-order valence-corrected chi connectivity index (χ4v) is 2.89. The van der Waals surface area contributed by atoms with Gasteiger partial charge in [-0.3, -0.25) is 9.69 Å². The Balaban J connectivity index is 1.90. The molecule has 2 heterocycles. The Hall–Kier alpha value is -0.940. The van der Waals surface area contributed by atoms with Crippen LogP contribution in [-0.2, 0) is 11.2 Å². The van der Waals surface area contributed by atoms with E-state index in [2.05, 4.69) is 25.8 Å². The molecule has 4 nitrogen and oxygen atoms in total. The highest BCUT2D eigenvalue weighted by Gasteiger charge is 2.46. The number of halogens is 1. The van der Waals surface area contributed by atoms with Gasteiger partial charge in [0.1, 0.15) is 10.1 Å². The first-order chi connectivity index (χ1) is 8.54. The lowest BCUT2D eigenvalue weighted by atomic mass is 9.80. The van der Waals surface area contributed by atoms with Crippen LogP contribution in [0.15, 0.2) is 22.8 Å². The van der Waals surface area contributed by atoms with Crippen molar-refractivity contribution in [2.75, 3.05) is 13.6 Å². The molecule has 2 N–H and O–H groups in total. The Labute approximate surface area is 116 Å². The SMILES string of the molecule is CN1CC[C@@]1(CCCc1cccc(Br)n1)C(N)=O. The Kier molecular flexibility index (Phi) is 4.02. The molecule has 0 aromatic carbocycles. The molecule has 18 heavy (non-hydrogen) atoms. The zero-order valence-corrected chi connectivity index (χ0v) is 12.1. The van der Waals surface area contributed by atoms with Gasteiger partial charge < -0.3 is 5.73 Å². The molecule has 2 rings (SSSR count). The number of carbonyl (C=O) groups excluding carboxylic acids is 1. The van der Waals surface area contributed by atoms with Gasteiger partial charge >= 0.3 is 0 Å². The number of hydrogen-bond donors (Lipinski definition) is 1. The number of amides is 1. The van der Waals surface area contributed by atoms with Gasteiger partial charge in [-0.15, -0.1) is 0 Å². The second-order valence-corrected chi connectivity index (χ2v) is 5.69. The zero-order valence-electron chi connectivity index (χ0n) is 10.5. The minimum atomic E-state index is -0.411. The minimum absolute atomic E-state index is 0.196. The Morgan fingerprint density at radius 2 is 2.39 bits per heavy atom. The van der Waals surface area contributed by atoms with Crippen molar-refractivity contribution in [3.8, 4) is 0 Å². The molecule has 1 aliphatic rings. The van der Waals surface area contributed by atoms with Crippen molar-refractivity contribution >= 4 is 21.8 Å². The number of nitrogens with two attached hydrogens (primary N) is 1. The smallest absolute Gasteiger partial charge is 0.237 e. The van der Waals surface area contributed by atoms with Crippen LogP contribution < -0.4 is 5.73 Å². The molecule has 0 saturated carbocycles. The predicted molar refractivity (Wildman–Crippen MR) is 74.0 cm³/mol. The van der Waals surface area contributed by atoms with Gasteiger partial charge in [0, 0.05) is 12.2 Å². The van der Waals surface area contributed by atoms with E-state index in [-0.39, 0.29) is 5.91 Å². The molecule has 98 valence electrons. The lowest BCUT2D eigenvalue weighted by Gasteiger charge is -2.48. The molecular formula is C13H18BrN3O. The van der Waals surface area contributed by atoms with Gasteiger partial charge in [-0.2, -0.15) is 0 Å². The van der Waals surface area contributed by atoms with Gasteiger partial charge in [0.05, 0.1) is 0 Å². The van der Waals surface area contributed by atoms with Gasteiger partial charge in [-0.25, -0.2) is 4.98 Å². The van der Waals surface area contributed by atoms with E-state index in [0.717, 1.165) is 42.5 Å². The number of rotatable bonds is 5. The van der Waals surface area contributed by atoms with Crippen molar-refractivity contribution in [3.63, 3.8) is 0 Å². The van der Waals surface area contributed by atoms with E-state index in [1.165, 1.54) is 0 Å². The van der Waals surface area contributed by atoms with Crippen molar-refractivity contribution in [2.45, 2.75) is 31.2 Å². The summed E-state index contributed by atoms with van der Waals surface area (Å²) in [6, 6.07) is 5.89. The number of nitrogens with zero attached hydrogens (tertiary/aromatic N) is 2. The highest BCUT2D eigenvalue weighted by molar-refractivity contribution is 9.10. The van der Waals surface area contributed by atoms with Crippen LogP contribution in [0.4, 0.5) is 0 Å². The molecule has 1 atom stereocenters. The highest BCUT2D eigenvalue weighted by atomic mass is 79.9. The van der Waals surface area contributed by atoms with Crippen molar-refractivity contribution in [2.24, 2.45) is 5.73 Å². The summed E-state index contributed by atoms with van der Waals surface area (Å²) >= 11 is 3.36. The molecular weight excluding hydrogens is 294 g/mol. The zero-order chi connectivity index (χ0) is 13.2. The number of likely N-dealkylation sites (tertiary alicyclic amines) is 1. The summed E-state index contributed by atoms with van der Waals surface area (Å²) in [5.74, 6) is -0.196. The average Bonchev–Trinajstić information content (AvgIpc) is 2.32. The maximum atomic E-state index is 11.6. The molecule has 0 unspecified atom stereocenters. The molecule has 0 radical (unpaired) electrons. The Morgan fingerprint density at radius 1 is 1.61 bits per heavy atom. The predicted octanol–water partition coefficient (Wildman–Crippen LogP) is 1.73. The van der Waals surface area contributed by atoms with Crippen LogP contribution in [0, 0.1) is 0 Å². The molecule has 1 aromatic rings. The van der Waals surface area contributed by atoms with Crippen molar-refractivity contribution in [1.82, 2.24) is 9.88 Å². The molecule has 1 aliphatic heterocycles. The summed E-state index contributed by atoms with van der Waals surface area (Å²) in [6.07, 6.45) is 3.50. The third-order valence-electron chi connectivity index (χ3n) is 3.85. The van der Waals surface area contributed by atoms with E-state index in [1.54, 1.807) is 0 Å². The van der Waals surface area contributed by atoms with Crippen molar-refractivity contribution in [3.05, 3.63) is 28.5 Å². The maximum absolute atomic E-state index is 11.6. The van der Waals surface area contributed by atoms with E-state index < -0.39 is 5.54 Å². The maximum Gasteiger partial charge on any atom is 0.237 e. The quantitative estimate of drug-likeness (QED) is 0.842. The van der Waals surface area contributed by atoms with Crippen LogP contribution in [0.25, 0.3) is 0 Å². The third-order valence-corrected chi connectivity index (χ3v) is 4.29. The second-order valence-electron chi connectivity index (χ2n) is 4.87. The topological polar surface area (TPSA) is 59.2 Å². The van der Waals surface area contributed by atoms with Crippen molar-refractivity contribution in [1.29, 1.82) is 0 Å². The van der Waals surface area contributed by atoms with Gasteiger partial charge in [0.15, 0.2) is 0 Å². The van der Waals surface area contributed by atoms with Crippen LogP contribution in [0.1, 0.15) is 25.0 Å². The molecule has 1 aromatic heterocycles. The number of carbonyl (C=O) groups is 1. The van der Waals surface area contributed by atoms with Gasteiger partial charge in [-0.1, -0.05) is 6.07 Å². The number of aromatic nitrogens is 1. The van der Waals surface area contributed by atoms with Crippen LogP contribution in [0.5, 0.6) is 0 Å². The summed E-state index contributed by atoms with van der Waals surface area (Å²) in [4.78, 5) is 18.0. The van der Waals surface area contributed by atoms with Crippen LogP contribution in [0.2, 0.25) is 0 Å². The summed E-state index contributed by atoms with van der Waals surface area (Å²) in [5, 5.41) is 0. The van der Waals surface area contributed by atoms with E-state index >= 15 is 0 Å². The molecule has 1 amide bonds. The van der Waals surface area contributed by atoms with Crippen LogP contribution >= 0.6 is 15.9 Å². The normalized spacial score (nSPS) is 23.7. The monoisotopic (exact) mass is 311 g/mol. The lowest BCUT2D eigenvalue weighted by Crippen LogP contribution is -2.65. The molecule has 0 spiro atoms. The number of aryl methyl sites for hydroxylation is 1. The summed E-state index contributed by atoms with van der Waals surface area (Å²) in [5.41, 5.74) is 6.16. The number of likely N-dealkylation sites (N-methyl/N-ethyl adjacent to an activating group) is 1. The standard InChI is InChI=1S/C13H18BrN3O/c1-17-9-8-13(17,12(15)18)7-3-5-10-4-2-6-11(14)16-10/h2,4,6H,3,5,7-9H2,1H3,(H2,15,18)/t13-/m0/s1. The molecule has 1 saturated heterocycles. The van der Waals surface area contributed by atoms with E-state index in [9.17, 15) is 4.79 Å². The first-order valence-electron chi connectivity index (χ1n) is 6.17. The average molecular weight is 312 g/mol. The lowest BCUT2D eigenvalue weighted by molar-refractivity contribution is -0.138. The fraction of sp³-hybridized carbons (Fsp3) is 0.538. The minimum Gasteiger partial charge on any atom is -0.368 e. The molecule has 1 fully saturated rings. The largest absolute Gasteiger partial charge is 0.368 e. The van der Waals surface area contributed by atoms with E-state index in [4.69, 9.17) is 5.73 Å². The molecule has 5 heteroatoms. The first-order valence-corrected chi connectivity index (χ1v) is 6.96. The fourth-order valence-electron chi connectivity index (χ4n) is 2.51. The Morgan fingerprint density at radius 3 is 2.89 bits per heavy atom. The summed E-state index contributed by atoms with van der Waals surface area (Å²) < 4.78 is 0.852. The van der Waals surface area contributed by atoms with E-state index in [1.807, 2.05) is 25.2 Å². The summed E-state index contributed by atoms with van der Waals surface area (Å²) in [7, 11) is 1.96. The van der Waals surface area contributed by atoms with Gasteiger partial charge in [0.2, 0.25) is 5.91 Å².